The summed E-state index contributed by atoms with van der Waals surface area (Å²) < 4.78 is 2.16. The van der Waals surface area contributed by atoms with E-state index in [1.54, 1.807) is 0 Å². The molecule has 1 aliphatic rings. The van der Waals surface area contributed by atoms with Crippen molar-refractivity contribution in [1.29, 1.82) is 0 Å². The van der Waals surface area contributed by atoms with E-state index in [2.05, 4.69) is 30.8 Å². The topological polar surface area (TPSA) is 43.8 Å². The molecule has 0 radical (unpaired) electrons. The molecule has 3 heteroatoms. The van der Waals surface area contributed by atoms with E-state index in [0.29, 0.717) is 6.04 Å². The van der Waals surface area contributed by atoms with Gasteiger partial charge in [0.15, 0.2) is 0 Å². The van der Waals surface area contributed by atoms with E-state index in [1.807, 2.05) is 0 Å². The number of nitrogens with two attached hydrogens (primary N) is 1. The monoisotopic (exact) mass is 249 g/mol. The van der Waals surface area contributed by atoms with Crippen LogP contribution in [0, 0.1) is 5.92 Å². The van der Waals surface area contributed by atoms with Gasteiger partial charge in [0.25, 0.3) is 0 Å². The third kappa shape index (κ3) is 3.58. The molecule has 1 aromatic heterocycles. The molecule has 1 aromatic rings. The first kappa shape index (κ1) is 13.6. The molecule has 2 atom stereocenters. The van der Waals surface area contributed by atoms with Crippen LogP contribution in [0.3, 0.4) is 0 Å². The summed E-state index contributed by atoms with van der Waals surface area (Å²) in [5.74, 6) is 0.719. The molecule has 0 bridgehead atoms. The van der Waals surface area contributed by atoms with Crippen LogP contribution in [0.15, 0.2) is 12.3 Å². The Morgan fingerprint density at radius 1 is 1.44 bits per heavy atom. The van der Waals surface area contributed by atoms with Crippen LogP contribution in [-0.4, -0.2) is 15.8 Å². The molecule has 1 heterocycles. The first-order valence-electron chi connectivity index (χ1n) is 7.48. The molecule has 1 fully saturated rings. The summed E-state index contributed by atoms with van der Waals surface area (Å²) in [4.78, 5) is 0. The summed E-state index contributed by atoms with van der Waals surface area (Å²) in [6.07, 6.45) is 10.7. The Morgan fingerprint density at radius 3 is 2.83 bits per heavy atom. The fraction of sp³-hybridized carbons (Fsp3) is 0.800. The van der Waals surface area contributed by atoms with Crippen LogP contribution in [0.2, 0.25) is 0 Å². The fourth-order valence-corrected chi connectivity index (χ4v) is 2.89. The molecule has 0 amide bonds. The Bertz CT molecular complexity index is 352. The van der Waals surface area contributed by atoms with Crippen molar-refractivity contribution in [2.75, 3.05) is 0 Å². The summed E-state index contributed by atoms with van der Waals surface area (Å²) >= 11 is 0. The maximum Gasteiger partial charge on any atom is 0.0640 e. The van der Waals surface area contributed by atoms with Gasteiger partial charge in [0.05, 0.1) is 11.7 Å². The van der Waals surface area contributed by atoms with Crippen molar-refractivity contribution in [3.63, 3.8) is 0 Å². The minimum atomic E-state index is 0.256. The quantitative estimate of drug-likeness (QED) is 0.840. The van der Waals surface area contributed by atoms with Crippen molar-refractivity contribution in [3.05, 3.63) is 18.0 Å². The van der Waals surface area contributed by atoms with Crippen molar-refractivity contribution in [2.45, 2.75) is 70.9 Å². The molecule has 1 saturated carbocycles. The molecule has 18 heavy (non-hydrogen) atoms. The Labute approximate surface area is 111 Å². The van der Waals surface area contributed by atoms with E-state index < -0.39 is 0 Å². The third-order valence-corrected chi connectivity index (χ3v) is 4.24. The lowest BCUT2D eigenvalue weighted by atomic mass is 9.97. The van der Waals surface area contributed by atoms with E-state index in [1.165, 1.54) is 32.1 Å². The maximum absolute atomic E-state index is 6.20. The van der Waals surface area contributed by atoms with Gasteiger partial charge in [-0.15, -0.1) is 0 Å². The second kappa shape index (κ2) is 6.37. The Morgan fingerprint density at radius 2 is 2.17 bits per heavy atom. The number of rotatable bonds is 6. The summed E-state index contributed by atoms with van der Waals surface area (Å²) in [5, 5.41) is 4.70. The zero-order valence-electron chi connectivity index (χ0n) is 11.8. The first-order valence-corrected chi connectivity index (χ1v) is 7.48. The van der Waals surface area contributed by atoms with Crippen LogP contribution in [0.4, 0.5) is 0 Å². The Balaban J connectivity index is 1.85. The standard InChI is InChI=1S/C15H27N3/c1-3-12(2)10-13(16)11-14-8-9-18(17-14)15-6-4-5-7-15/h8-9,12-13,15H,3-7,10-11,16H2,1-2H3. The van der Waals surface area contributed by atoms with Crippen molar-refractivity contribution in [1.82, 2.24) is 9.78 Å². The Kier molecular flexibility index (Phi) is 4.81. The lowest BCUT2D eigenvalue weighted by Crippen LogP contribution is -2.25. The molecule has 102 valence electrons. The average Bonchev–Trinajstić information content (AvgIpc) is 2.98. The molecule has 0 aromatic carbocycles. The molecular weight excluding hydrogens is 222 g/mol. The molecule has 0 spiro atoms. The van der Waals surface area contributed by atoms with E-state index in [9.17, 15) is 0 Å². The average molecular weight is 249 g/mol. The summed E-state index contributed by atoms with van der Waals surface area (Å²) in [7, 11) is 0. The van der Waals surface area contributed by atoms with E-state index in [-0.39, 0.29) is 6.04 Å². The highest BCUT2D eigenvalue weighted by Gasteiger charge is 2.18. The van der Waals surface area contributed by atoms with Gasteiger partial charge in [0.2, 0.25) is 0 Å². The predicted molar refractivity (Wildman–Crippen MR) is 75.5 cm³/mol. The lowest BCUT2D eigenvalue weighted by Gasteiger charge is -2.15. The van der Waals surface area contributed by atoms with E-state index in [4.69, 9.17) is 10.8 Å². The second-order valence-electron chi connectivity index (χ2n) is 5.94. The normalized spacial score (nSPS) is 20.2. The van der Waals surface area contributed by atoms with E-state index >= 15 is 0 Å². The number of nitrogens with zero attached hydrogens (tertiary/aromatic N) is 2. The van der Waals surface area contributed by atoms with Gasteiger partial charge < -0.3 is 5.73 Å². The van der Waals surface area contributed by atoms with Crippen LogP contribution in [0.25, 0.3) is 0 Å². The first-order chi connectivity index (χ1) is 8.69. The van der Waals surface area contributed by atoms with Crippen LogP contribution >= 0.6 is 0 Å². The largest absolute Gasteiger partial charge is 0.327 e. The molecule has 1 aliphatic carbocycles. The SMILES string of the molecule is CCC(C)CC(N)Cc1ccn(C2CCCC2)n1. The van der Waals surface area contributed by atoms with Gasteiger partial charge in [0.1, 0.15) is 0 Å². The second-order valence-corrected chi connectivity index (χ2v) is 5.94. The Hall–Kier alpha value is -0.830. The number of hydrogen-bond donors (Lipinski definition) is 1. The molecule has 3 nitrogen and oxygen atoms in total. The highest BCUT2D eigenvalue weighted by Crippen LogP contribution is 2.28. The van der Waals surface area contributed by atoms with Gasteiger partial charge >= 0.3 is 0 Å². The molecule has 0 aliphatic heterocycles. The third-order valence-electron chi connectivity index (χ3n) is 4.24. The highest BCUT2D eigenvalue weighted by atomic mass is 15.3. The van der Waals surface area contributed by atoms with Gasteiger partial charge in [-0.2, -0.15) is 5.10 Å². The van der Waals surface area contributed by atoms with Crippen LogP contribution in [0.1, 0.15) is 64.1 Å². The minimum Gasteiger partial charge on any atom is -0.327 e. The molecule has 2 unspecified atom stereocenters. The summed E-state index contributed by atoms with van der Waals surface area (Å²) in [5.41, 5.74) is 7.36. The minimum absolute atomic E-state index is 0.256. The van der Waals surface area contributed by atoms with Crippen LogP contribution < -0.4 is 5.73 Å². The zero-order chi connectivity index (χ0) is 13.0. The van der Waals surface area contributed by atoms with Crippen molar-refractivity contribution in [2.24, 2.45) is 11.7 Å². The fourth-order valence-electron chi connectivity index (χ4n) is 2.89. The van der Waals surface area contributed by atoms with Gasteiger partial charge in [-0.3, -0.25) is 4.68 Å². The van der Waals surface area contributed by atoms with Crippen LogP contribution in [0.5, 0.6) is 0 Å². The predicted octanol–water partition coefficient (Wildman–Crippen LogP) is 3.30. The smallest absolute Gasteiger partial charge is 0.0640 e. The van der Waals surface area contributed by atoms with Crippen molar-refractivity contribution < 1.29 is 0 Å². The molecule has 2 N–H and O–H groups in total. The maximum atomic E-state index is 6.20. The zero-order valence-corrected chi connectivity index (χ0v) is 11.8. The lowest BCUT2D eigenvalue weighted by molar-refractivity contribution is 0.437. The highest BCUT2D eigenvalue weighted by molar-refractivity contribution is 5.02. The molecule has 0 saturated heterocycles. The van der Waals surface area contributed by atoms with Crippen molar-refractivity contribution in [3.8, 4) is 0 Å². The number of hydrogen-bond acceptors (Lipinski definition) is 2. The molecular formula is C15H27N3. The summed E-state index contributed by atoms with van der Waals surface area (Å²) in [6.45, 7) is 4.50. The van der Waals surface area contributed by atoms with E-state index in [0.717, 1.165) is 24.5 Å². The van der Waals surface area contributed by atoms with Gasteiger partial charge in [-0.05, 0) is 31.2 Å². The van der Waals surface area contributed by atoms with Gasteiger partial charge in [-0.25, -0.2) is 0 Å². The summed E-state index contributed by atoms with van der Waals surface area (Å²) in [6, 6.07) is 3.05. The van der Waals surface area contributed by atoms with Crippen LogP contribution in [-0.2, 0) is 6.42 Å². The van der Waals surface area contributed by atoms with Crippen molar-refractivity contribution >= 4 is 0 Å². The van der Waals surface area contributed by atoms with Gasteiger partial charge in [0, 0.05) is 18.7 Å². The molecule has 2 rings (SSSR count). The number of aromatic nitrogens is 2. The van der Waals surface area contributed by atoms with Gasteiger partial charge in [-0.1, -0.05) is 33.1 Å².